The molecule has 0 bridgehead atoms. The van der Waals surface area contributed by atoms with Crippen LogP contribution >= 0.6 is 0 Å². The van der Waals surface area contributed by atoms with Crippen LogP contribution in [-0.4, -0.2) is 67.2 Å². The van der Waals surface area contributed by atoms with Crippen molar-refractivity contribution in [1.82, 2.24) is 20.2 Å². The van der Waals surface area contributed by atoms with Gasteiger partial charge in [-0.15, -0.1) is 0 Å². The summed E-state index contributed by atoms with van der Waals surface area (Å²) in [6.07, 6.45) is 7.35. The molecular formula is C24H33N5O3. The minimum absolute atomic E-state index is 0.00245. The van der Waals surface area contributed by atoms with Crippen LogP contribution in [0.1, 0.15) is 31.2 Å². The lowest BCUT2D eigenvalue weighted by molar-refractivity contribution is -0.126. The number of carbonyl (C=O) groups excluding carboxylic acids is 1. The fraction of sp³-hybridized carbons (Fsp3) is 0.542. The van der Waals surface area contributed by atoms with Crippen LogP contribution in [0.3, 0.4) is 0 Å². The lowest BCUT2D eigenvalue weighted by atomic mass is 9.96. The summed E-state index contributed by atoms with van der Waals surface area (Å²) >= 11 is 0. The molecule has 2 aliphatic heterocycles. The summed E-state index contributed by atoms with van der Waals surface area (Å²) in [6, 6.07) is 8.13. The molecule has 1 aromatic heterocycles. The fourth-order valence-corrected chi connectivity index (χ4v) is 4.62. The molecular weight excluding hydrogens is 406 g/mol. The number of carbonyl (C=O) groups is 1. The lowest BCUT2D eigenvalue weighted by Gasteiger charge is -2.35. The molecule has 0 radical (unpaired) electrons. The Morgan fingerprint density at radius 3 is 2.53 bits per heavy atom. The molecule has 0 aliphatic carbocycles. The van der Waals surface area contributed by atoms with Gasteiger partial charge in [0.15, 0.2) is 11.5 Å². The van der Waals surface area contributed by atoms with Gasteiger partial charge in [-0.1, -0.05) is 6.07 Å². The predicted octanol–water partition coefficient (Wildman–Crippen LogP) is 2.49. The molecule has 0 saturated carbocycles. The lowest BCUT2D eigenvalue weighted by Crippen LogP contribution is -2.49. The number of hydrogen-bond acceptors (Lipinski definition) is 7. The van der Waals surface area contributed by atoms with Crippen molar-refractivity contribution in [1.29, 1.82) is 0 Å². The molecule has 2 saturated heterocycles. The van der Waals surface area contributed by atoms with E-state index in [4.69, 9.17) is 9.47 Å². The second-order valence-corrected chi connectivity index (χ2v) is 8.58. The first-order valence-corrected chi connectivity index (χ1v) is 11.4. The number of hydrogen-bond donors (Lipinski definition) is 1. The Hall–Kier alpha value is -2.87. The van der Waals surface area contributed by atoms with Gasteiger partial charge in [0.05, 0.1) is 20.1 Å². The van der Waals surface area contributed by atoms with E-state index >= 15 is 0 Å². The molecule has 4 rings (SSSR count). The van der Waals surface area contributed by atoms with E-state index in [1.807, 2.05) is 18.2 Å². The second-order valence-electron chi connectivity index (χ2n) is 8.58. The van der Waals surface area contributed by atoms with Gasteiger partial charge >= 0.3 is 0 Å². The van der Waals surface area contributed by atoms with Gasteiger partial charge in [0.25, 0.3) is 0 Å². The monoisotopic (exact) mass is 439 g/mol. The van der Waals surface area contributed by atoms with Crippen LogP contribution in [0.15, 0.2) is 36.7 Å². The maximum absolute atomic E-state index is 12.9. The maximum Gasteiger partial charge on any atom is 0.225 e. The second kappa shape index (κ2) is 10.6. The molecule has 8 nitrogen and oxygen atoms in total. The summed E-state index contributed by atoms with van der Waals surface area (Å²) in [5.74, 6) is 2.39. The quantitative estimate of drug-likeness (QED) is 0.710. The van der Waals surface area contributed by atoms with Crippen molar-refractivity contribution in [2.24, 2.45) is 5.92 Å². The first-order chi connectivity index (χ1) is 15.7. The third-order valence-electron chi connectivity index (χ3n) is 6.42. The molecule has 32 heavy (non-hydrogen) atoms. The van der Waals surface area contributed by atoms with Gasteiger partial charge in [0.1, 0.15) is 0 Å². The highest BCUT2D eigenvalue weighted by atomic mass is 16.5. The Kier molecular flexibility index (Phi) is 7.42. The Labute approximate surface area is 189 Å². The standard InChI is InChI=1S/C24H33N5O3/c1-31-21-7-6-18(15-22(21)32-2)16-28-13-8-20(9-14-28)27-23(30)19-5-3-12-29(17-19)24-25-10-4-11-26-24/h4,6-7,10-11,15,19-20H,3,5,8-9,12-14,16-17H2,1-2H3,(H,27,30)/t19-/m0/s1. The molecule has 1 aromatic carbocycles. The molecule has 172 valence electrons. The number of amides is 1. The predicted molar refractivity (Wildman–Crippen MR) is 123 cm³/mol. The number of rotatable bonds is 7. The number of piperidine rings is 2. The third kappa shape index (κ3) is 5.48. The normalized spacial score (nSPS) is 20.1. The van der Waals surface area contributed by atoms with Gasteiger partial charge in [-0.25, -0.2) is 9.97 Å². The maximum atomic E-state index is 12.9. The van der Waals surface area contributed by atoms with Crippen LogP contribution < -0.4 is 19.7 Å². The number of benzene rings is 1. The number of aromatic nitrogens is 2. The number of anilines is 1. The number of nitrogens with zero attached hydrogens (tertiary/aromatic N) is 4. The Balaban J connectivity index is 1.24. The number of ether oxygens (including phenoxy) is 2. The van der Waals surface area contributed by atoms with Crippen molar-refractivity contribution in [2.75, 3.05) is 45.3 Å². The van der Waals surface area contributed by atoms with E-state index in [0.717, 1.165) is 63.4 Å². The van der Waals surface area contributed by atoms with Crippen LogP contribution in [0.25, 0.3) is 0 Å². The molecule has 2 aromatic rings. The smallest absolute Gasteiger partial charge is 0.225 e. The molecule has 1 atom stereocenters. The minimum atomic E-state index is -0.00245. The zero-order valence-corrected chi connectivity index (χ0v) is 19.0. The van der Waals surface area contributed by atoms with Gasteiger partial charge in [0.2, 0.25) is 11.9 Å². The summed E-state index contributed by atoms with van der Waals surface area (Å²) in [4.78, 5) is 26.2. The van der Waals surface area contributed by atoms with Crippen molar-refractivity contribution in [3.8, 4) is 11.5 Å². The molecule has 2 aliphatic rings. The van der Waals surface area contributed by atoms with Crippen LogP contribution in [0.2, 0.25) is 0 Å². The van der Waals surface area contributed by atoms with E-state index in [1.54, 1.807) is 26.6 Å². The van der Waals surface area contributed by atoms with Crippen molar-refractivity contribution in [3.05, 3.63) is 42.2 Å². The van der Waals surface area contributed by atoms with Crippen LogP contribution in [-0.2, 0) is 11.3 Å². The minimum Gasteiger partial charge on any atom is -0.493 e. The van der Waals surface area contributed by atoms with E-state index in [0.29, 0.717) is 12.5 Å². The highest BCUT2D eigenvalue weighted by Crippen LogP contribution is 2.28. The van der Waals surface area contributed by atoms with Crippen molar-refractivity contribution >= 4 is 11.9 Å². The highest BCUT2D eigenvalue weighted by Gasteiger charge is 2.29. The highest BCUT2D eigenvalue weighted by molar-refractivity contribution is 5.79. The van der Waals surface area contributed by atoms with E-state index in [9.17, 15) is 4.79 Å². The topological polar surface area (TPSA) is 79.8 Å². The average Bonchev–Trinajstić information content (AvgIpc) is 2.85. The molecule has 0 spiro atoms. The molecule has 1 amide bonds. The molecule has 3 heterocycles. The zero-order chi connectivity index (χ0) is 22.3. The van der Waals surface area contributed by atoms with Gasteiger partial charge in [-0.2, -0.15) is 0 Å². The fourth-order valence-electron chi connectivity index (χ4n) is 4.62. The van der Waals surface area contributed by atoms with Crippen molar-refractivity contribution in [2.45, 2.75) is 38.3 Å². The summed E-state index contributed by atoms with van der Waals surface area (Å²) in [6.45, 7) is 4.40. The van der Waals surface area contributed by atoms with Crippen molar-refractivity contribution < 1.29 is 14.3 Å². The van der Waals surface area contributed by atoms with Gasteiger partial charge < -0.3 is 19.7 Å². The first-order valence-electron chi connectivity index (χ1n) is 11.4. The Morgan fingerprint density at radius 1 is 1.06 bits per heavy atom. The molecule has 2 fully saturated rings. The molecule has 1 N–H and O–H groups in total. The molecule has 0 unspecified atom stereocenters. The van der Waals surface area contributed by atoms with Gasteiger partial charge in [-0.3, -0.25) is 9.69 Å². The van der Waals surface area contributed by atoms with Gasteiger partial charge in [-0.05, 0) is 49.4 Å². The first kappa shape index (κ1) is 22.3. The number of likely N-dealkylation sites (tertiary alicyclic amines) is 1. The van der Waals surface area contributed by atoms with E-state index in [2.05, 4.69) is 31.2 Å². The summed E-state index contributed by atoms with van der Waals surface area (Å²) < 4.78 is 10.7. The van der Waals surface area contributed by atoms with Crippen LogP contribution in [0.4, 0.5) is 5.95 Å². The zero-order valence-electron chi connectivity index (χ0n) is 19.0. The van der Waals surface area contributed by atoms with Crippen LogP contribution in [0, 0.1) is 5.92 Å². The third-order valence-corrected chi connectivity index (χ3v) is 6.42. The van der Waals surface area contributed by atoms with E-state index < -0.39 is 0 Å². The Bertz CT molecular complexity index is 886. The Morgan fingerprint density at radius 2 is 1.81 bits per heavy atom. The summed E-state index contributed by atoms with van der Waals surface area (Å²) in [5.41, 5.74) is 1.20. The largest absolute Gasteiger partial charge is 0.493 e. The number of nitrogens with one attached hydrogen (secondary N) is 1. The van der Waals surface area contributed by atoms with Gasteiger partial charge in [0, 0.05) is 51.2 Å². The van der Waals surface area contributed by atoms with E-state index in [-0.39, 0.29) is 17.9 Å². The molecule has 8 heteroatoms. The van der Waals surface area contributed by atoms with E-state index in [1.165, 1.54) is 5.56 Å². The summed E-state index contributed by atoms with van der Waals surface area (Å²) in [7, 11) is 3.31. The SMILES string of the molecule is COc1ccc(CN2CCC(NC(=O)[C@H]3CCCN(c4ncccn4)C3)CC2)cc1OC. The average molecular weight is 440 g/mol. The summed E-state index contributed by atoms with van der Waals surface area (Å²) in [5, 5.41) is 3.31. The van der Waals surface area contributed by atoms with Crippen molar-refractivity contribution in [3.63, 3.8) is 0 Å². The van der Waals surface area contributed by atoms with Crippen LogP contribution in [0.5, 0.6) is 11.5 Å². The number of methoxy groups -OCH3 is 2.